The molecule has 0 radical (unpaired) electrons. The number of methoxy groups -OCH3 is 2. The Kier molecular flexibility index (Phi) is 5.05. The van der Waals surface area contributed by atoms with Gasteiger partial charge in [-0.1, -0.05) is 0 Å². The average Bonchev–Trinajstić information content (AvgIpc) is 2.99. The molecule has 0 bridgehead atoms. The van der Waals surface area contributed by atoms with Gasteiger partial charge in [-0.2, -0.15) is 5.10 Å². The van der Waals surface area contributed by atoms with Crippen LogP contribution in [0.1, 0.15) is 12.5 Å². The van der Waals surface area contributed by atoms with Crippen molar-refractivity contribution in [3.05, 3.63) is 36.2 Å². The molecule has 6 nitrogen and oxygen atoms in total. The number of rotatable bonds is 7. The molecule has 2 rings (SSSR count). The lowest BCUT2D eigenvalue weighted by Crippen LogP contribution is -2.30. The Morgan fingerprint density at radius 3 is 2.48 bits per heavy atom. The Balaban J connectivity index is 1.99. The van der Waals surface area contributed by atoms with Crippen molar-refractivity contribution in [1.29, 1.82) is 0 Å². The highest BCUT2D eigenvalue weighted by Gasteiger charge is 2.11. The number of phenolic OH excluding ortho intramolecular Hbond substituents is 1. The van der Waals surface area contributed by atoms with E-state index in [1.165, 1.54) is 14.2 Å². The van der Waals surface area contributed by atoms with Crippen LogP contribution >= 0.6 is 0 Å². The Morgan fingerprint density at radius 2 is 1.95 bits per heavy atom. The second-order valence-corrected chi connectivity index (χ2v) is 4.86. The summed E-state index contributed by atoms with van der Waals surface area (Å²) in [4.78, 5) is 0. The maximum Gasteiger partial charge on any atom is 0.200 e. The first-order chi connectivity index (χ1) is 10.1. The van der Waals surface area contributed by atoms with Crippen LogP contribution in [0.3, 0.4) is 0 Å². The van der Waals surface area contributed by atoms with Gasteiger partial charge < -0.3 is 19.9 Å². The topological polar surface area (TPSA) is 68.5 Å². The fourth-order valence-corrected chi connectivity index (χ4v) is 2.10. The van der Waals surface area contributed by atoms with Crippen molar-refractivity contribution in [1.82, 2.24) is 15.1 Å². The van der Waals surface area contributed by atoms with Crippen LogP contribution in [0.4, 0.5) is 0 Å². The number of aromatic hydroxyl groups is 1. The van der Waals surface area contributed by atoms with E-state index in [1.807, 2.05) is 16.9 Å². The van der Waals surface area contributed by atoms with Gasteiger partial charge in [-0.3, -0.25) is 4.68 Å². The molecule has 2 aromatic rings. The number of phenols is 1. The molecule has 114 valence electrons. The predicted molar refractivity (Wildman–Crippen MR) is 79.7 cm³/mol. The minimum Gasteiger partial charge on any atom is -0.502 e. The van der Waals surface area contributed by atoms with Crippen LogP contribution in [0.15, 0.2) is 30.6 Å². The lowest BCUT2D eigenvalue weighted by molar-refractivity contribution is 0.338. The van der Waals surface area contributed by atoms with Crippen molar-refractivity contribution in [3.63, 3.8) is 0 Å². The first-order valence-corrected chi connectivity index (χ1v) is 6.78. The van der Waals surface area contributed by atoms with E-state index in [2.05, 4.69) is 17.3 Å². The molecule has 21 heavy (non-hydrogen) atoms. The van der Waals surface area contributed by atoms with E-state index in [0.29, 0.717) is 18.0 Å². The maximum absolute atomic E-state index is 9.88. The first-order valence-electron chi connectivity index (χ1n) is 6.78. The Bertz CT molecular complexity index is 545. The smallest absolute Gasteiger partial charge is 0.200 e. The van der Waals surface area contributed by atoms with E-state index in [1.54, 1.807) is 18.3 Å². The molecule has 2 N–H and O–H groups in total. The molecular formula is C15H21N3O3. The Labute approximate surface area is 124 Å². The number of nitrogens with one attached hydrogen (secondary N) is 1. The highest BCUT2D eigenvalue weighted by Crippen LogP contribution is 2.36. The second-order valence-electron chi connectivity index (χ2n) is 4.86. The zero-order valence-corrected chi connectivity index (χ0v) is 12.5. The number of benzene rings is 1. The van der Waals surface area contributed by atoms with E-state index >= 15 is 0 Å². The third kappa shape index (κ3) is 3.88. The van der Waals surface area contributed by atoms with Gasteiger partial charge in [0.1, 0.15) is 0 Å². The van der Waals surface area contributed by atoms with Gasteiger partial charge in [0.25, 0.3) is 0 Å². The Hall–Kier alpha value is -2.21. The SMILES string of the molecule is COc1cc(CNC(C)Cn2cccn2)cc(OC)c1O. The van der Waals surface area contributed by atoms with Gasteiger partial charge >= 0.3 is 0 Å². The lowest BCUT2D eigenvalue weighted by atomic mass is 10.1. The lowest BCUT2D eigenvalue weighted by Gasteiger charge is -2.16. The average molecular weight is 291 g/mol. The molecule has 0 saturated heterocycles. The molecule has 1 heterocycles. The van der Waals surface area contributed by atoms with Crippen molar-refractivity contribution in [2.45, 2.75) is 26.1 Å². The number of hydrogen-bond acceptors (Lipinski definition) is 5. The van der Waals surface area contributed by atoms with Crippen LogP contribution < -0.4 is 14.8 Å². The van der Waals surface area contributed by atoms with Crippen LogP contribution in [0, 0.1) is 0 Å². The van der Waals surface area contributed by atoms with Gasteiger partial charge in [0.2, 0.25) is 5.75 Å². The monoisotopic (exact) mass is 291 g/mol. The van der Waals surface area contributed by atoms with Crippen molar-refractivity contribution < 1.29 is 14.6 Å². The third-order valence-corrected chi connectivity index (χ3v) is 3.21. The minimum atomic E-state index is 0.0216. The normalized spacial score (nSPS) is 12.1. The quantitative estimate of drug-likeness (QED) is 0.814. The molecule has 1 aromatic carbocycles. The molecule has 6 heteroatoms. The number of aromatic nitrogens is 2. The molecule has 0 saturated carbocycles. The fourth-order valence-electron chi connectivity index (χ4n) is 2.10. The first kappa shape index (κ1) is 15.2. The van der Waals surface area contributed by atoms with Gasteiger partial charge in [0.15, 0.2) is 11.5 Å². The molecule has 1 atom stereocenters. The summed E-state index contributed by atoms with van der Waals surface area (Å²) < 4.78 is 12.2. The highest BCUT2D eigenvalue weighted by atomic mass is 16.5. The van der Waals surface area contributed by atoms with Gasteiger partial charge in [-0.25, -0.2) is 0 Å². The summed E-state index contributed by atoms with van der Waals surface area (Å²) in [6.07, 6.45) is 3.70. The van der Waals surface area contributed by atoms with Gasteiger partial charge in [-0.15, -0.1) is 0 Å². The van der Waals surface area contributed by atoms with Crippen LogP contribution in [0.25, 0.3) is 0 Å². The van der Waals surface area contributed by atoms with Gasteiger partial charge in [0, 0.05) is 25.0 Å². The van der Waals surface area contributed by atoms with E-state index in [-0.39, 0.29) is 11.8 Å². The van der Waals surface area contributed by atoms with E-state index in [0.717, 1.165) is 12.1 Å². The zero-order valence-electron chi connectivity index (χ0n) is 12.5. The summed E-state index contributed by atoms with van der Waals surface area (Å²) in [5.41, 5.74) is 0.980. The molecule has 0 aliphatic heterocycles. The molecule has 0 aliphatic rings. The molecule has 1 aromatic heterocycles. The zero-order chi connectivity index (χ0) is 15.2. The van der Waals surface area contributed by atoms with Crippen molar-refractivity contribution in [2.75, 3.05) is 14.2 Å². The summed E-state index contributed by atoms with van der Waals surface area (Å²) in [6.45, 7) is 3.53. The fraction of sp³-hybridized carbons (Fsp3) is 0.400. The minimum absolute atomic E-state index is 0.0216. The van der Waals surface area contributed by atoms with Crippen molar-refractivity contribution >= 4 is 0 Å². The maximum atomic E-state index is 9.88. The Morgan fingerprint density at radius 1 is 1.29 bits per heavy atom. The largest absolute Gasteiger partial charge is 0.502 e. The summed E-state index contributed by atoms with van der Waals surface area (Å²) in [5.74, 6) is 0.838. The van der Waals surface area contributed by atoms with Crippen LogP contribution in [-0.2, 0) is 13.1 Å². The van der Waals surface area contributed by atoms with E-state index < -0.39 is 0 Å². The molecule has 0 amide bonds. The highest BCUT2D eigenvalue weighted by molar-refractivity contribution is 5.52. The summed E-state index contributed by atoms with van der Waals surface area (Å²) in [7, 11) is 3.04. The van der Waals surface area contributed by atoms with Gasteiger partial charge in [0.05, 0.1) is 20.8 Å². The van der Waals surface area contributed by atoms with Crippen LogP contribution in [0.2, 0.25) is 0 Å². The summed E-state index contributed by atoms with van der Waals surface area (Å²) >= 11 is 0. The molecule has 0 aliphatic carbocycles. The third-order valence-electron chi connectivity index (χ3n) is 3.21. The molecule has 0 spiro atoms. The van der Waals surface area contributed by atoms with Crippen LogP contribution in [0.5, 0.6) is 17.2 Å². The molecule has 0 fully saturated rings. The van der Waals surface area contributed by atoms with Crippen molar-refractivity contribution in [3.8, 4) is 17.2 Å². The number of nitrogens with zero attached hydrogens (tertiary/aromatic N) is 2. The number of hydrogen-bond donors (Lipinski definition) is 2. The molecule has 1 unspecified atom stereocenters. The summed E-state index contributed by atoms with van der Waals surface area (Å²) in [5, 5.41) is 17.5. The second kappa shape index (κ2) is 6.99. The van der Waals surface area contributed by atoms with Crippen molar-refractivity contribution in [2.24, 2.45) is 0 Å². The van der Waals surface area contributed by atoms with E-state index in [4.69, 9.17) is 9.47 Å². The van der Waals surface area contributed by atoms with Crippen LogP contribution in [-0.4, -0.2) is 35.1 Å². The number of ether oxygens (including phenoxy) is 2. The molecular weight excluding hydrogens is 270 g/mol. The van der Waals surface area contributed by atoms with E-state index in [9.17, 15) is 5.11 Å². The standard InChI is InChI=1S/C15H21N3O3/c1-11(10-18-6-4-5-17-18)16-9-12-7-13(20-2)15(19)14(8-12)21-3/h4-8,11,16,19H,9-10H2,1-3H3. The summed E-state index contributed by atoms with van der Waals surface area (Å²) in [6, 6.07) is 5.76. The predicted octanol–water partition coefficient (Wildman–Crippen LogP) is 1.78. The van der Waals surface area contributed by atoms with Gasteiger partial charge in [-0.05, 0) is 30.7 Å².